The molecule has 0 radical (unpaired) electrons. The molecule has 148 valence electrons. The van der Waals surface area contributed by atoms with E-state index in [4.69, 9.17) is 18.9 Å². The van der Waals surface area contributed by atoms with E-state index in [0.717, 1.165) is 5.56 Å². The highest BCUT2D eigenvalue weighted by Gasteiger charge is 2.26. The smallest absolute Gasteiger partial charge is 0.203 e. The summed E-state index contributed by atoms with van der Waals surface area (Å²) in [6, 6.07) is 4.76. The monoisotopic (exact) mass is 367 g/mol. The van der Waals surface area contributed by atoms with Gasteiger partial charge in [-0.25, -0.2) is 0 Å². The first-order valence-corrected chi connectivity index (χ1v) is 9.30. The van der Waals surface area contributed by atoms with Crippen LogP contribution in [0.15, 0.2) is 12.1 Å². The summed E-state index contributed by atoms with van der Waals surface area (Å²) in [5, 5.41) is 10.4. The van der Waals surface area contributed by atoms with Crippen molar-refractivity contribution in [2.45, 2.75) is 57.9 Å². The maximum Gasteiger partial charge on any atom is 0.203 e. The Morgan fingerprint density at radius 2 is 1.62 bits per heavy atom. The summed E-state index contributed by atoms with van der Waals surface area (Å²) in [6.07, 6.45) is 3.17. The Hall–Kier alpha value is -1.50. The Kier molecular flexibility index (Phi) is 8.00. The first-order chi connectivity index (χ1) is 12.5. The average molecular weight is 367 g/mol. The molecule has 6 nitrogen and oxygen atoms in total. The van der Waals surface area contributed by atoms with Crippen LogP contribution >= 0.6 is 0 Å². The van der Waals surface area contributed by atoms with E-state index in [1.165, 1.54) is 19.3 Å². The van der Waals surface area contributed by atoms with Gasteiger partial charge in [-0.2, -0.15) is 0 Å². The molecule has 0 aromatic heterocycles. The Bertz CT molecular complexity index is 530. The molecule has 0 aliphatic carbocycles. The fraction of sp³-hybridized carbons (Fsp3) is 0.700. The van der Waals surface area contributed by atoms with Gasteiger partial charge in [-0.1, -0.05) is 6.42 Å². The second-order valence-corrected chi connectivity index (χ2v) is 7.03. The van der Waals surface area contributed by atoms with Crippen molar-refractivity contribution in [2.24, 2.45) is 0 Å². The normalized spacial score (nSPS) is 22.1. The molecule has 0 saturated carbocycles. The van der Waals surface area contributed by atoms with Crippen molar-refractivity contribution in [3.05, 3.63) is 17.7 Å². The highest BCUT2D eigenvalue weighted by molar-refractivity contribution is 5.53. The number of benzene rings is 1. The van der Waals surface area contributed by atoms with Crippen LogP contribution in [0.5, 0.6) is 17.2 Å². The lowest BCUT2D eigenvalue weighted by Crippen LogP contribution is -2.48. The minimum absolute atomic E-state index is 0.298. The van der Waals surface area contributed by atoms with Crippen molar-refractivity contribution in [1.29, 1.82) is 0 Å². The van der Waals surface area contributed by atoms with Crippen LogP contribution in [0.4, 0.5) is 0 Å². The molecule has 1 heterocycles. The van der Waals surface area contributed by atoms with Crippen LogP contribution in [0, 0.1) is 0 Å². The van der Waals surface area contributed by atoms with Crippen LogP contribution in [0.2, 0.25) is 0 Å². The molecule has 0 unspecified atom stereocenters. The van der Waals surface area contributed by atoms with Crippen LogP contribution < -0.4 is 14.2 Å². The van der Waals surface area contributed by atoms with E-state index in [2.05, 4.69) is 18.7 Å². The lowest BCUT2D eigenvalue weighted by atomic mass is 9.97. The van der Waals surface area contributed by atoms with Gasteiger partial charge in [0.05, 0.1) is 40.6 Å². The summed E-state index contributed by atoms with van der Waals surface area (Å²) < 4.78 is 21.8. The third kappa shape index (κ3) is 5.25. The van der Waals surface area contributed by atoms with Crippen LogP contribution in [0.25, 0.3) is 0 Å². The molecule has 26 heavy (non-hydrogen) atoms. The van der Waals surface area contributed by atoms with Crippen molar-refractivity contribution in [2.75, 3.05) is 34.5 Å². The molecule has 6 heteroatoms. The maximum atomic E-state index is 10.4. The summed E-state index contributed by atoms with van der Waals surface area (Å²) in [4.78, 5) is 2.39. The number of nitrogens with zero attached hydrogens (tertiary/aromatic N) is 1. The second-order valence-electron chi connectivity index (χ2n) is 7.03. The van der Waals surface area contributed by atoms with Gasteiger partial charge >= 0.3 is 0 Å². The largest absolute Gasteiger partial charge is 0.493 e. The van der Waals surface area contributed by atoms with E-state index >= 15 is 0 Å². The Labute approximate surface area is 157 Å². The Morgan fingerprint density at radius 1 is 1.04 bits per heavy atom. The number of aliphatic hydroxyl groups is 1. The van der Waals surface area contributed by atoms with Gasteiger partial charge in [-0.15, -0.1) is 0 Å². The van der Waals surface area contributed by atoms with Crippen molar-refractivity contribution < 1.29 is 24.1 Å². The maximum absolute atomic E-state index is 10.4. The number of rotatable bonds is 9. The third-order valence-electron chi connectivity index (χ3n) is 5.10. The number of β-amino-alcohol motifs (C(OH)–C–C–N with tert-alkyl or cyclic N) is 1. The number of piperidine rings is 1. The number of aliphatic hydroxyl groups excluding tert-OH is 1. The first-order valence-electron chi connectivity index (χ1n) is 9.30. The Balaban J connectivity index is 1.88. The molecule has 1 aliphatic rings. The van der Waals surface area contributed by atoms with E-state index in [9.17, 15) is 5.11 Å². The van der Waals surface area contributed by atoms with E-state index in [0.29, 0.717) is 49.1 Å². The highest BCUT2D eigenvalue weighted by atomic mass is 16.5. The molecule has 3 atom stereocenters. The molecular weight excluding hydrogens is 334 g/mol. The zero-order valence-corrected chi connectivity index (χ0v) is 16.7. The van der Waals surface area contributed by atoms with Crippen LogP contribution in [-0.2, 0) is 11.3 Å². The SMILES string of the molecule is COc1cc(COC[C@@H](O)CN2[C@@H](C)CCC[C@@H]2C)cc(OC)c1OC. The van der Waals surface area contributed by atoms with Gasteiger partial charge in [-0.3, -0.25) is 4.90 Å². The zero-order valence-electron chi connectivity index (χ0n) is 16.7. The van der Waals surface area contributed by atoms with Crippen molar-refractivity contribution in [3.63, 3.8) is 0 Å². The molecule has 0 bridgehead atoms. The zero-order chi connectivity index (χ0) is 19.1. The molecule has 0 spiro atoms. The van der Waals surface area contributed by atoms with Crippen molar-refractivity contribution in [3.8, 4) is 17.2 Å². The number of hydrogen-bond acceptors (Lipinski definition) is 6. The molecule has 1 N–H and O–H groups in total. The molecule has 1 aromatic rings. The third-order valence-corrected chi connectivity index (χ3v) is 5.10. The van der Waals surface area contributed by atoms with Gasteiger partial charge in [0, 0.05) is 18.6 Å². The second kappa shape index (κ2) is 10.00. The lowest BCUT2D eigenvalue weighted by molar-refractivity contribution is -0.0135. The van der Waals surface area contributed by atoms with Crippen molar-refractivity contribution in [1.82, 2.24) is 4.90 Å². The number of hydrogen-bond donors (Lipinski definition) is 1. The fourth-order valence-corrected chi connectivity index (χ4v) is 3.66. The summed E-state index contributed by atoms with van der Waals surface area (Å²) in [5.74, 6) is 1.76. The fourth-order valence-electron chi connectivity index (χ4n) is 3.66. The molecule has 1 fully saturated rings. The quantitative estimate of drug-likeness (QED) is 0.724. The van der Waals surface area contributed by atoms with Crippen LogP contribution in [-0.4, -0.2) is 62.7 Å². The predicted molar refractivity (Wildman–Crippen MR) is 101 cm³/mol. The topological polar surface area (TPSA) is 60.4 Å². The minimum Gasteiger partial charge on any atom is -0.493 e. The summed E-state index contributed by atoms with van der Waals surface area (Å²) in [6.45, 7) is 5.79. The molecular formula is C20H33NO5. The lowest BCUT2D eigenvalue weighted by Gasteiger charge is -2.40. The van der Waals surface area contributed by atoms with E-state index in [1.54, 1.807) is 21.3 Å². The number of methoxy groups -OCH3 is 3. The van der Waals surface area contributed by atoms with Crippen LogP contribution in [0.1, 0.15) is 38.7 Å². The van der Waals surface area contributed by atoms with E-state index in [1.807, 2.05) is 12.1 Å². The summed E-state index contributed by atoms with van der Waals surface area (Å²) in [5.41, 5.74) is 0.909. The molecule has 0 amide bonds. The van der Waals surface area contributed by atoms with Crippen molar-refractivity contribution >= 4 is 0 Å². The van der Waals surface area contributed by atoms with Gasteiger partial charge in [0.1, 0.15) is 0 Å². The Morgan fingerprint density at radius 3 is 2.12 bits per heavy atom. The molecule has 1 saturated heterocycles. The van der Waals surface area contributed by atoms with Gasteiger partial charge in [0.15, 0.2) is 11.5 Å². The predicted octanol–water partition coefficient (Wildman–Crippen LogP) is 2.85. The molecule has 1 aromatic carbocycles. The molecule has 1 aliphatic heterocycles. The number of likely N-dealkylation sites (tertiary alicyclic amines) is 1. The molecule has 2 rings (SSSR count). The summed E-state index contributed by atoms with van der Waals surface area (Å²) in [7, 11) is 4.76. The standard InChI is InChI=1S/C20H33NO5/c1-14-7-6-8-15(2)21(14)11-17(22)13-26-12-16-9-18(23-3)20(25-5)19(10-16)24-4/h9-10,14-15,17,22H,6-8,11-13H2,1-5H3/t14-,15-,17-/m0/s1. The minimum atomic E-state index is -0.500. The van der Waals surface area contributed by atoms with Gasteiger partial charge in [0.25, 0.3) is 0 Å². The van der Waals surface area contributed by atoms with Gasteiger partial charge in [0.2, 0.25) is 5.75 Å². The number of ether oxygens (including phenoxy) is 4. The average Bonchev–Trinajstić information content (AvgIpc) is 2.63. The summed E-state index contributed by atoms with van der Waals surface area (Å²) >= 11 is 0. The van der Waals surface area contributed by atoms with Gasteiger partial charge in [-0.05, 0) is 44.4 Å². The van der Waals surface area contributed by atoms with Gasteiger partial charge < -0.3 is 24.1 Å². The van der Waals surface area contributed by atoms with E-state index in [-0.39, 0.29) is 0 Å². The highest BCUT2D eigenvalue weighted by Crippen LogP contribution is 2.38. The van der Waals surface area contributed by atoms with E-state index < -0.39 is 6.10 Å². The van der Waals surface area contributed by atoms with Crippen LogP contribution in [0.3, 0.4) is 0 Å². The first kappa shape index (κ1) is 20.8.